The third kappa shape index (κ3) is 2.14. The summed E-state index contributed by atoms with van der Waals surface area (Å²) in [7, 11) is 0. The minimum absolute atomic E-state index is 0.109. The molecule has 0 aliphatic heterocycles. The Morgan fingerprint density at radius 1 is 1.38 bits per heavy atom. The molecule has 0 bridgehead atoms. The summed E-state index contributed by atoms with van der Waals surface area (Å²) in [6.07, 6.45) is 4.77. The van der Waals surface area contributed by atoms with Gasteiger partial charge in [-0.05, 0) is 38.5 Å². The van der Waals surface area contributed by atoms with Gasteiger partial charge in [0.25, 0.3) is 0 Å². The second-order valence-electron chi connectivity index (χ2n) is 4.93. The molecule has 3 heteroatoms. The molecule has 0 aromatic carbocycles. The van der Waals surface area contributed by atoms with Gasteiger partial charge in [-0.1, -0.05) is 13.8 Å². The van der Waals surface area contributed by atoms with E-state index >= 15 is 0 Å². The molecule has 1 heterocycles. The van der Waals surface area contributed by atoms with E-state index < -0.39 is 0 Å². The first kappa shape index (κ1) is 11.6. The number of aromatic nitrogens is 2. The van der Waals surface area contributed by atoms with E-state index in [-0.39, 0.29) is 6.04 Å². The molecule has 3 nitrogen and oxygen atoms in total. The maximum atomic E-state index is 6.07. The zero-order chi connectivity index (χ0) is 11.7. The fourth-order valence-electron chi connectivity index (χ4n) is 2.42. The Hall–Kier alpha value is -0.830. The number of nitrogens with zero attached hydrogens (tertiary/aromatic N) is 2. The summed E-state index contributed by atoms with van der Waals surface area (Å²) in [4.78, 5) is 0. The molecular weight excluding hydrogens is 198 g/mol. The van der Waals surface area contributed by atoms with E-state index in [1.807, 2.05) is 0 Å². The number of aryl methyl sites for hydroxylation is 1. The van der Waals surface area contributed by atoms with Crippen molar-refractivity contribution in [3.05, 3.63) is 17.0 Å². The lowest BCUT2D eigenvalue weighted by Crippen LogP contribution is -2.11. The van der Waals surface area contributed by atoms with E-state index in [4.69, 9.17) is 10.8 Å². The molecule has 1 atom stereocenters. The van der Waals surface area contributed by atoms with Crippen molar-refractivity contribution in [2.75, 3.05) is 0 Å². The predicted octanol–water partition coefficient (Wildman–Crippen LogP) is 2.44. The Balaban J connectivity index is 2.35. The van der Waals surface area contributed by atoms with Crippen LogP contribution in [0.5, 0.6) is 0 Å². The van der Waals surface area contributed by atoms with Crippen LogP contribution in [0.3, 0.4) is 0 Å². The summed E-state index contributed by atoms with van der Waals surface area (Å²) in [5, 5.41) is 4.74. The van der Waals surface area contributed by atoms with Crippen LogP contribution in [0.15, 0.2) is 0 Å². The Morgan fingerprint density at radius 2 is 2.06 bits per heavy atom. The van der Waals surface area contributed by atoms with Gasteiger partial charge < -0.3 is 5.73 Å². The van der Waals surface area contributed by atoms with Crippen molar-refractivity contribution >= 4 is 0 Å². The Bertz CT molecular complexity index is 361. The number of hydrogen-bond donors (Lipinski definition) is 1. The fraction of sp³-hybridized carbons (Fsp3) is 0.769. The molecule has 2 N–H and O–H groups in total. The molecular formula is C13H23N3. The largest absolute Gasteiger partial charge is 0.324 e. The lowest BCUT2D eigenvalue weighted by Gasteiger charge is -2.09. The first-order chi connectivity index (χ1) is 7.67. The Labute approximate surface area is 98.0 Å². The molecule has 1 aliphatic carbocycles. The lowest BCUT2D eigenvalue weighted by molar-refractivity contribution is 0.536. The van der Waals surface area contributed by atoms with Crippen LogP contribution in [0, 0.1) is 5.92 Å². The van der Waals surface area contributed by atoms with Crippen LogP contribution >= 0.6 is 0 Å². The highest BCUT2D eigenvalue weighted by Gasteiger charge is 2.25. The Morgan fingerprint density at radius 3 is 2.50 bits per heavy atom. The van der Waals surface area contributed by atoms with Crippen molar-refractivity contribution in [2.45, 2.75) is 59.0 Å². The van der Waals surface area contributed by atoms with Gasteiger partial charge in [0.15, 0.2) is 0 Å². The van der Waals surface area contributed by atoms with E-state index in [1.54, 1.807) is 0 Å². The summed E-state index contributed by atoms with van der Waals surface area (Å²) in [5.41, 5.74) is 9.93. The van der Waals surface area contributed by atoms with Gasteiger partial charge in [0, 0.05) is 23.8 Å². The highest BCUT2D eigenvalue weighted by Crippen LogP contribution is 2.32. The van der Waals surface area contributed by atoms with Crippen molar-refractivity contribution < 1.29 is 0 Å². The highest BCUT2D eigenvalue weighted by atomic mass is 15.3. The van der Waals surface area contributed by atoms with Crippen LogP contribution in [0.4, 0.5) is 0 Å². The summed E-state index contributed by atoms with van der Waals surface area (Å²) < 4.78 is 2.22. The number of hydrogen-bond acceptors (Lipinski definition) is 2. The van der Waals surface area contributed by atoms with E-state index in [0.717, 1.165) is 25.3 Å². The molecule has 2 rings (SSSR count). The standard InChI is InChI=1S/C13H23N3/c1-4-11-13(9(3)14)12(5-2)16(15-11)8-10-6-7-10/h9-10H,4-8,14H2,1-3H3. The minimum Gasteiger partial charge on any atom is -0.324 e. The van der Waals surface area contributed by atoms with Crippen LogP contribution in [-0.4, -0.2) is 9.78 Å². The third-order valence-corrected chi connectivity index (χ3v) is 3.43. The second-order valence-corrected chi connectivity index (χ2v) is 4.93. The number of rotatable bonds is 5. The van der Waals surface area contributed by atoms with Gasteiger partial charge in [-0.25, -0.2) is 0 Å². The zero-order valence-corrected chi connectivity index (χ0v) is 10.7. The fourth-order valence-corrected chi connectivity index (χ4v) is 2.42. The quantitative estimate of drug-likeness (QED) is 0.830. The third-order valence-electron chi connectivity index (χ3n) is 3.43. The molecule has 1 aromatic rings. The summed E-state index contributed by atoms with van der Waals surface area (Å²) >= 11 is 0. The first-order valence-electron chi connectivity index (χ1n) is 6.51. The molecule has 0 radical (unpaired) electrons. The lowest BCUT2D eigenvalue weighted by atomic mass is 10.0. The highest BCUT2D eigenvalue weighted by molar-refractivity contribution is 5.29. The van der Waals surface area contributed by atoms with E-state index in [9.17, 15) is 0 Å². The van der Waals surface area contributed by atoms with Crippen molar-refractivity contribution in [2.24, 2.45) is 11.7 Å². The molecule has 1 saturated carbocycles. The van der Waals surface area contributed by atoms with Crippen LogP contribution < -0.4 is 5.73 Å². The molecule has 16 heavy (non-hydrogen) atoms. The van der Waals surface area contributed by atoms with Crippen LogP contribution in [0.25, 0.3) is 0 Å². The van der Waals surface area contributed by atoms with Gasteiger partial charge in [-0.2, -0.15) is 5.10 Å². The maximum absolute atomic E-state index is 6.07. The summed E-state index contributed by atoms with van der Waals surface area (Å²) in [6, 6.07) is 0.109. The minimum atomic E-state index is 0.109. The first-order valence-corrected chi connectivity index (χ1v) is 6.51. The number of nitrogens with two attached hydrogens (primary N) is 1. The van der Waals surface area contributed by atoms with Crippen molar-refractivity contribution in [3.8, 4) is 0 Å². The monoisotopic (exact) mass is 221 g/mol. The molecule has 0 spiro atoms. The predicted molar refractivity (Wildman–Crippen MR) is 66.3 cm³/mol. The summed E-state index contributed by atoms with van der Waals surface area (Å²) in [6.45, 7) is 7.53. The van der Waals surface area contributed by atoms with Gasteiger partial charge in [-0.15, -0.1) is 0 Å². The van der Waals surface area contributed by atoms with Crippen molar-refractivity contribution in [3.63, 3.8) is 0 Å². The van der Waals surface area contributed by atoms with E-state index in [2.05, 4.69) is 25.5 Å². The molecule has 0 amide bonds. The maximum Gasteiger partial charge on any atom is 0.0672 e. The van der Waals surface area contributed by atoms with Crippen LogP contribution in [0.2, 0.25) is 0 Å². The molecule has 90 valence electrons. The smallest absolute Gasteiger partial charge is 0.0672 e. The topological polar surface area (TPSA) is 43.8 Å². The molecule has 1 aliphatic rings. The van der Waals surface area contributed by atoms with E-state index in [0.29, 0.717) is 0 Å². The SMILES string of the molecule is CCc1nn(CC2CC2)c(CC)c1C(C)N. The average molecular weight is 221 g/mol. The van der Waals surface area contributed by atoms with Crippen LogP contribution in [-0.2, 0) is 19.4 Å². The Kier molecular flexibility index (Phi) is 3.33. The molecule has 1 fully saturated rings. The van der Waals surface area contributed by atoms with Crippen molar-refractivity contribution in [1.29, 1.82) is 0 Å². The van der Waals surface area contributed by atoms with E-state index in [1.165, 1.54) is 29.8 Å². The van der Waals surface area contributed by atoms with Gasteiger partial charge >= 0.3 is 0 Å². The molecule has 1 unspecified atom stereocenters. The van der Waals surface area contributed by atoms with Gasteiger partial charge in [-0.3, -0.25) is 4.68 Å². The zero-order valence-electron chi connectivity index (χ0n) is 10.7. The van der Waals surface area contributed by atoms with Crippen LogP contribution in [0.1, 0.15) is 56.6 Å². The summed E-state index contributed by atoms with van der Waals surface area (Å²) in [5.74, 6) is 0.871. The van der Waals surface area contributed by atoms with Gasteiger partial charge in [0.1, 0.15) is 0 Å². The normalized spacial score (nSPS) is 17.8. The second kappa shape index (κ2) is 4.58. The van der Waals surface area contributed by atoms with Crippen molar-refractivity contribution in [1.82, 2.24) is 9.78 Å². The molecule has 1 aromatic heterocycles. The molecule has 0 saturated heterocycles. The van der Waals surface area contributed by atoms with Gasteiger partial charge in [0.05, 0.1) is 5.69 Å². The van der Waals surface area contributed by atoms with Gasteiger partial charge in [0.2, 0.25) is 0 Å². The average Bonchev–Trinajstić information content (AvgIpc) is 2.97.